The molecule has 0 radical (unpaired) electrons. The largest absolute Gasteiger partial charge is 0.338 e. The normalized spacial score (nSPS) is 17.9. The SMILES string of the molecule is C/N=C/C(C)(C)c1cc(NC(=O)C(C)(C)N(C)C2CCN(S(C)(=O)=O)CC2)on1. The van der Waals surface area contributed by atoms with E-state index in [2.05, 4.69) is 15.5 Å². The quantitative estimate of drug-likeness (QED) is 0.664. The molecule has 9 nitrogen and oxygen atoms in total. The number of rotatable bonds is 7. The summed E-state index contributed by atoms with van der Waals surface area (Å²) >= 11 is 0. The summed E-state index contributed by atoms with van der Waals surface area (Å²) < 4.78 is 30.2. The van der Waals surface area contributed by atoms with Crippen LogP contribution in [0, 0.1) is 0 Å². The Balaban J connectivity index is 2.04. The maximum absolute atomic E-state index is 13.0. The van der Waals surface area contributed by atoms with Gasteiger partial charge in [-0.3, -0.25) is 20.0 Å². The van der Waals surface area contributed by atoms with Gasteiger partial charge < -0.3 is 4.52 Å². The highest BCUT2D eigenvalue weighted by atomic mass is 32.2. The van der Waals surface area contributed by atoms with Crippen molar-refractivity contribution < 1.29 is 17.7 Å². The number of carbonyl (C=O) groups excluding carboxylic acids is 1. The van der Waals surface area contributed by atoms with Gasteiger partial charge in [-0.1, -0.05) is 5.16 Å². The average molecular weight is 428 g/mol. The first-order valence-electron chi connectivity index (χ1n) is 9.69. The van der Waals surface area contributed by atoms with Crippen molar-refractivity contribution in [2.45, 2.75) is 57.5 Å². The third-order valence-electron chi connectivity index (χ3n) is 5.74. The van der Waals surface area contributed by atoms with Gasteiger partial charge in [0.25, 0.3) is 0 Å². The molecule has 1 saturated heterocycles. The lowest BCUT2D eigenvalue weighted by Gasteiger charge is -2.43. The molecular weight excluding hydrogens is 394 g/mol. The monoisotopic (exact) mass is 427 g/mol. The fourth-order valence-electron chi connectivity index (χ4n) is 3.47. The van der Waals surface area contributed by atoms with Crippen LogP contribution in [0.25, 0.3) is 0 Å². The highest BCUT2D eigenvalue weighted by molar-refractivity contribution is 7.88. The van der Waals surface area contributed by atoms with E-state index in [9.17, 15) is 13.2 Å². The first kappa shape index (κ1) is 23.5. The van der Waals surface area contributed by atoms with Crippen LogP contribution in [0.4, 0.5) is 5.88 Å². The lowest BCUT2D eigenvalue weighted by molar-refractivity contribution is -0.127. The molecule has 2 heterocycles. The molecule has 0 aromatic carbocycles. The lowest BCUT2D eigenvalue weighted by Crippen LogP contribution is -2.57. The Morgan fingerprint density at radius 3 is 2.45 bits per heavy atom. The fourth-order valence-corrected chi connectivity index (χ4v) is 4.34. The van der Waals surface area contributed by atoms with E-state index in [0.717, 1.165) is 0 Å². The molecule has 0 atom stereocenters. The maximum Gasteiger partial charge on any atom is 0.246 e. The van der Waals surface area contributed by atoms with E-state index in [-0.39, 0.29) is 17.8 Å². The Morgan fingerprint density at radius 1 is 1.34 bits per heavy atom. The lowest BCUT2D eigenvalue weighted by atomic mass is 9.91. The van der Waals surface area contributed by atoms with Gasteiger partial charge in [-0.05, 0) is 47.6 Å². The number of sulfonamides is 1. The van der Waals surface area contributed by atoms with Gasteiger partial charge in [0, 0.05) is 43.9 Å². The van der Waals surface area contributed by atoms with Crippen LogP contribution in [0.1, 0.15) is 46.2 Å². The van der Waals surface area contributed by atoms with Crippen LogP contribution < -0.4 is 5.32 Å². The molecule has 29 heavy (non-hydrogen) atoms. The van der Waals surface area contributed by atoms with Crippen molar-refractivity contribution in [2.24, 2.45) is 4.99 Å². The molecule has 0 bridgehead atoms. The predicted octanol–water partition coefficient (Wildman–Crippen LogP) is 1.73. The van der Waals surface area contributed by atoms with E-state index in [1.54, 1.807) is 19.3 Å². The first-order chi connectivity index (χ1) is 13.3. The fraction of sp³-hybridized carbons (Fsp3) is 0.737. The molecule has 1 aliphatic rings. The molecule has 1 amide bonds. The van der Waals surface area contributed by atoms with Gasteiger partial charge in [-0.25, -0.2) is 12.7 Å². The van der Waals surface area contributed by atoms with Crippen LogP contribution in [0.3, 0.4) is 0 Å². The van der Waals surface area contributed by atoms with Crippen molar-refractivity contribution in [3.63, 3.8) is 0 Å². The van der Waals surface area contributed by atoms with Crippen molar-refractivity contribution in [3.05, 3.63) is 11.8 Å². The van der Waals surface area contributed by atoms with Gasteiger partial charge in [0.15, 0.2) is 0 Å². The Bertz CT molecular complexity index is 852. The second-order valence-electron chi connectivity index (χ2n) is 8.70. The molecule has 1 aromatic rings. The number of nitrogens with zero attached hydrogens (tertiary/aromatic N) is 4. The van der Waals surface area contributed by atoms with Crippen LogP contribution in [0.5, 0.6) is 0 Å². The number of piperidine rings is 1. The molecule has 0 aliphatic carbocycles. The van der Waals surface area contributed by atoms with Crippen molar-refractivity contribution in [1.82, 2.24) is 14.4 Å². The average Bonchev–Trinajstić information content (AvgIpc) is 3.10. The van der Waals surface area contributed by atoms with Crippen molar-refractivity contribution in [2.75, 3.05) is 38.8 Å². The van der Waals surface area contributed by atoms with Crippen LogP contribution in [-0.4, -0.2) is 79.9 Å². The van der Waals surface area contributed by atoms with E-state index >= 15 is 0 Å². The number of amides is 1. The molecule has 10 heteroatoms. The third-order valence-corrected chi connectivity index (χ3v) is 7.04. The van der Waals surface area contributed by atoms with Crippen LogP contribution in [0.15, 0.2) is 15.6 Å². The van der Waals surface area contributed by atoms with Crippen molar-refractivity contribution >= 4 is 28.0 Å². The summed E-state index contributed by atoms with van der Waals surface area (Å²) in [6, 6.07) is 1.82. The van der Waals surface area contributed by atoms with Gasteiger partial charge in [-0.2, -0.15) is 0 Å². The zero-order valence-electron chi connectivity index (χ0n) is 18.4. The van der Waals surface area contributed by atoms with Crippen LogP contribution >= 0.6 is 0 Å². The highest BCUT2D eigenvalue weighted by Gasteiger charge is 2.39. The van der Waals surface area contributed by atoms with Gasteiger partial charge in [0.2, 0.25) is 21.8 Å². The minimum absolute atomic E-state index is 0.110. The summed E-state index contributed by atoms with van der Waals surface area (Å²) in [5, 5.41) is 6.86. The third kappa shape index (κ3) is 5.43. The Morgan fingerprint density at radius 2 is 1.93 bits per heavy atom. The predicted molar refractivity (Wildman–Crippen MR) is 114 cm³/mol. The molecule has 164 valence electrons. The standard InChI is InChI=1S/C19H33N5O4S/c1-18(2,13-20-5)15-12-16(28-22-15)21-17(25)19(3,4)23(6)14-8-10-24(11-9-14)29(7,26)27/h12-14H,8-11H2,1-7H3,(H,21,25)/b20-13+. The number of anilines is 1. The Labute approximate surface area is 173 Å². The zero-order chi connectivity index (χ0) is 22.0. The van der Waals surface area contributed by atoms with Crippen molar-refractivity contribution in [3.8, 4) is 0 Å². The number of nitrogens with one attached hydrogen (secondary N) is 1. The number of aromatic nitrogens is 1. The first-order valence-corrected chi connectivity index (χ1v) is 11.5. The maximum atomic E-state index is 13.0. The zero-order valence-corrected chi connectivity index (χ0v) is 19.2. The Kier molecular flexibility index (Phi) is 6.91. The molecule has 0 unspecified atom stereocenters. The molecule has 0 spiro atoms. The van der Waals surface area contributed by atoms with Crippen LogP contribution in [-0.2, 0) is 20.2 Å². The molecule has 0 saturated carbocycles. The van der Waals surface area contributed by atoms with Gasteiger partial charge in [0.1, 0.15) is 0 Å². The summed E-state index contributed by atoms with van der Waals surface area (Å²) in [7, 11) is 0.419. The van der Waals surface area contributed by atoms with Crippen molar-refractivity contribution in [1.29, 1.82) is 0 Å². The summed E-state index contributed by atoms with van der Waals surface area (Å²) in [6.07, 6.45) is 4.36. The van der Waals surface area contributed by atoms with Gasteiger partial charge >= 0.3 is 0 Å². The smallest absolute Gasteiger partial charge is 0.246 e. The molecule has 1 aliphatic heterocycles. The highest BCUT2D eigenvalue weighted by Crippen LogP contribution is 2.27. The minimum Gasteiger partial charge on any atom is -0.338 e. The van der Waals surface area contributed by atoms with Crippen LogP contribution in [0.2, 0.25) is 0 Å². The topological polar surface area (TPSA) is 108 Å². The summed E-state index contributed by atoms with van der Waals surface area (Å²) in [5.74, 6) is 0.0751. The second kappa shape index (κ2) is 8.53. The second-order valence-corrected chi connectivity index (χ2v) is 10.7. The molecule has 1 fully saturated rings. The Hall–Kier alpha value is -1.78. The number of hydrogen-bond acceptors (Lipinski definition) is 7. The number of hydrogen-bond donors (Lipinski definition) is 1. The molecule has 2 rings (SSSR count). The van der Waals surface area contributed by atoms with E-state index in [1.165, 1.54) is 10.6 Å². The number of aliphatic imine (C=N–C) groups is 1. The molecular formula is C19H33N5O4S. The summed E-state index contributed by atoms with van der Waals surface area (Å²) in [5.41, 5.74) is -0.537. The molecule has 1 N–H and O–H groups in total. The van der Waals surface area contributed by atoms with E-state index in [4.69, 9.17) is 4.52 Å². The van der Waals surface area contributed by atoms with E-state index in [1.807, 2.05) is 39.6 Å². The van der Waals surface area contributed by atoms with E-state index < -0.39 is 21.0 Å². The number of carbonyl (C=O) groups is 1. The minimum atomic E-state index is -3.17. The summed E-state index contributed by atoms with van der Waals surface area (Å²) in [6.45, 7) is 8.54. The molecule has 1 aromatic heterocycles. The number of likely N-dealkylation sites (N-methyl/N-ethyl adjacent to an activating group) is 1. The summed E-state index contributed by atoms with van der Waals surface area (Å²) in [4.78, 5) is 19.0. The van der Waals surface area contributed by atoms with E-state index in [0.29, 0.717) is 31.6 Å². The van der Waals surface area contributed by atoms with Gasteiger partial charge in [0.05, 0.1) is 17.5 Å². The van der Waals surface area contributed by atoms with Gasteiger partial charge in [-0.15, -0.1) is 0 Å².